The van der Waals surface area contributed by atoms with Crippen molar-refractivity contribution in [2.24, 2.45) is 11.8 Å². The smallest absolute Gasteiger partial charge is 0.191 e. The van der Waals surface area contributed by atoms with Crippen LogP contribution in [0.2, 0.25) is 18.1 Å². The summed E-state index contributed by atoms with van der Waals surface area (Å²) in [5, 5.41) is 0.182. The highest BCUT2D eigenvalue weighted by molar-refractivity contribution is 6.74. The molecule has 0 bridgehead atoms. The second kappa shape index (κ2) is 11.2. The van der Waals surface area contributed by atoms with Crippen molar-refractivity contribution in [2.75, 3.05) is 19.8 Å². The second-order valence-electron chi connectivity index (χ2n) is 11.2. The lowest BCUT2D eigenvalue weighted by Gasteiger charge is -2.47. The van der Waals surface area contributed by atoms with Crippen molar-refractivity contribution < 1.29 is 28.2 Å². The van der Waals surface area contributed by atoms with Crippen LogP contribution in [0.4, 0.5) is 0 Å². The highest BCUT2D eigenvalue weighted by Crippen LogP contribution is 2.39. The largest absolute Gasteiger partial charge is 0.417 e. The first-order valence-corrected chi connectivity index (χ1v) is 15.0. The Labute approximate surface area is 190 Å². The Hall–Kier alpha value is -0.313. The molecule has 2 rings (SSSR count). The summed E-state index contributed by atoms with van der Waals surface area (Å²) in [6.45, 7) is 19.2. The van der Waals surface area contributed by atoms with Gasteiger partial charge < -0.3 is 28.2 Å². The molecule has 0 spiro atoms. The lowest BCUT2D eigenvalue weighted by atomic mass is 9.84. The Morgan fingerprint density at radius 1 is 1.16 bits per heavy atom. The second-order valence-corrected chi connectivity index (χ2v) is 16.0. The number of rotatable bonds is 10. The number of ether oxygens (including phenoxy) is 4. The van der Waals surface area contributed by atoms with E-state index < -0.39 is 14.1 Å². The van der Waals surface area contributed by atoms with Gasteiger partial charge >= 0.3 is 0 Å². The van der Waals surface area contributed by atoms with Crippen LogP contribution in [0, 0.1) is 11.8 Å². The maximum Gasteiger partial charge on any atom is 0.191 e. The van der Waals surface area contributed by atoms with E-state index in [0.29, 0.717) is 19.6 Å². The first-order valence-electron chi connectivity index (χ1n) is 12.0. The maximum absolute atomic E-state index is 12.0. The molecule has 5 atom stereocenters. The molecule has 7 heteroatoms. The van der Waals surface area contributed by atoms with Crippen LogP contribution in [-0.4, -0.2) is 58.7 Å². The van der Waals surface area contributed by atoms with Gasteiger partial charge in [-0.2, -0.15) is 0 Å². The third kappa shape index (κ3) is 7.90. The van der Waals surface area contributed by atoms with Gasteiger partial charge in [0.1, 0.15) is 6.29 Å². The van der Waals surface area contributed by atoms with Crippen LogP contribution in [0.25, 0.3) is 0 Å². The summed E-state index contributed by atoms with van der Waals surface area (Å²) < 4.78 is 30.4. The van der Waals surface area contributed by atoms with Gasteiger partial charge in [-0.25, -0.2) is 0 Å². The topological polar surface area (TPSA) is 63.2 Å². The fourth-order valence-corrected chi connectivity index (χ4v) is 5.14. The summed E-state index contributed by atoms with van der Waals surface area (Å²) >= 11 is 0. The molecule has 2 aliphatic rings. The average molecular weight is 459 g/mol. The highest BCUT2D eigenvalue weighted by atomic mass is 28.4. The molecule has 0 aliphatic carbocycles. The summed E-state index contributed by atoms with van der Waals surface area (Å²) in [4.78, 5) is 12.0. The van der Waals surface area contributed by atoms with E-state index in [2.05, 4.69) is 40.8 Å². The van der Waals surface area contributed by atoms with E-state index in [-0.39, 0.29) is 35.4 Å². The Morgan fingerprint density at radius 3 is 2.45 bits per heavy atom. The van der Waals surface area contributed by atoms with E-state index >= 15 is 0 Å². The van der Waals surface area contributed by atoms with E-state index in [9.17, 15) is 4.79 Å². The normalized spacial score (nSPS) is 30.7. The first-order chi connectivity index (χ1) is 14.4. The van der Waals surface area contributed by atoms with E-state index in [1.54, 1.807) is 0 Å². The minimum absolute atomic E-state index is 0.0106. The van der Waals surface area contributed by atoms with Crippen molar-refractivity contribution in [2.45, 2.75) is 116 Å². The van der Waals surface area contributed by atoms with Gasteiger partial charge in [0.05, 0.1) is 18.8 Å². The third-order valence-electron chi connectivity index (χ3n) is 7.12. The van der Waals surface area contributed by atoms with Crippen molar-refractivity contribution in [3.63, 3.8) is 0 Å². The van der Waals surface area contributed by atoms with Gasteiger partial charge in [-0.15, -0.1) is 0 Å². The summed E-state index contributed by atoms with van der Waals surface area (Å²) in [5.74, 6) is -0.865. The van der Waals surface area contributed by atoms with Gasteiger partial charge in [-0.1, -0.05) is 27.7 Å². The standard InChI is InChI=1S/C24H46O6Si/c1-18-20(13-16-28-31(7,8)23(2,3)4)29-24(5,6)30-22(18)19(17-25)12-15-27-21-11-9-10-14-26-21/h17-22H,9-16H2,1-8H3/t18-,19-,20+,21?,22+/m0/s1. The van der Waals surface area contributed by atoms with Gasteiger partial charge in [0.15, 0.2) is 20.4 Å². The van der Waals surface area contributed by atoms with Gasteiger partial charge in [-0.3, -0.25) is 0 Å². The number of aldehydes is 1. The van der Waals surface area contributed by atoms with Crippen LogP contribution in [0.5, 0.6) is 0 Å². The SMILES string of the molecule is C[C@@H]1[C@H]([C@H](C=O)CCOC2CCCCO2)OC(C)(C)O[C@@H]1CCO[Si](C)(C)C(C)(C)C. The van der Waals surface area contributed by atoms with Gasteiger partial charge in [0, 0.05) is 25.0 Å². The lowest BCUT2D eigenvalue weighted by molar-refractivity contribution is -0.327. The highest BCUT2D eigenvalue weighted by Gasteiger charge is 2.44. The molecule has 1 unspecified atom stereocenters. The molecule has 182 valence electrons. The summed E-state index contributed by atoms with van der Waals surface area (Å²) in [6, 6.07) is 0. The van der Waals surface area contributed by atoms with Crippen LogP contribution in [0.1, 0.15) is 73.6 Å². The molecule has 31 heavy (non-hydrogen) atoms. The third-order valence-corrected chi connectivity index (χ3v) is 11.7. The zero-order valence-corrected chi connectivity index (χ0v) is 22.1. The van der Waals surface area contributed by atoms with Crippen molar-refractivity contribution in [3.8, 4) is 0 Å². The zero-order chi connectivity index (χ0) is 23.3. The molecule has 2 heterocycles. The minimum Gasteiger partial charge on any atom is -0.417 e. The van der Waals surface area contributed by atoms with Gasteiger partial charge in [0.25, 0.3) is 0 Å². The van der Waals surface area contributed by atoms with Crippen LogP contribution in [0.3, 0.4) is 0 Å². The lowest BCUT2D eigenvalue weighted by Crippen LogP contribution is -2.53. The summed E-state index contributed by atoms with van der Waals surface area (Å²) in [6.07, 6.45) is 5.27. The monoisotopic (exact) mass is 458 g/mol. The Bertz CT molecular complexity index is 553. The van der Waals surface area contributed by atoms with Crippen LogP contribution < -0.4 is 0 Å². The van der Waals surface area contributed by atoms with E-state index in [1.165, 1.54) is 0 Å². The predicted molar refractivity (Wildman–Crippen MR) is 124 cm³/mol. The van der Waals surface area contributed by atoms with Crippen molar-refractivity contribution in [1.82, 2.24) is 0 Å². The molecule has 2 fully saturated rings. The molecule has 0 aromatic rings. The molecular formula is C24H46O6Si. The van der Waals surface area contributed by atoms with Crippen LogP contribution >= 0.6 is 0 Å². The molecule has 0 radical (unpaired) electrons. The van der Waals surface area contributed by atoms with Crippen molar-refractivity contribution >= 4 is 14.6 Å². The summed E-state index contributed by atoms with van der Waals surface area (Å²) in [7, 11) is -1.80. The summed E-state index contributed by atoms with van der Waals surface area (Å²) in [5.41, 5.74) is 0. The number of hydrogen-bond donors (Lipinski definition) is 0. The first kappa shape index (κ1) is 26.9. The van der Waals surface area contributed by atoms with Gasteiger partial charge in [-0.05, 0) is 64.1 Å². The fraction of sp³-hybridized carbons (Fsp3) is 0.958. The molecule has 0 aromatic heterocycles. The average Bonchev–Trinajstić information content (AvgIpc) is 2.67. The van der Waals surface area contributed by atoms with Crippen LogP contribution in [0.15, 0.2) is 0 Å². The molecular weight excluding hydrogens is 412 g/mol. The Kier molecular flexibility index (Phi) is 9.74. The van der Waals surface area contributed by atoms with Crippen LogP contribution in [-0.2, 0) is 28.2 Å². The van der Waals surface area contributed by atoms with Crippen molar-refractivity contribution in [3.05, 3.63) is 0 Å². The van der Waals surface area contributed by atoms with E-state index in [4.69, 9.17) is 23.4 Å². The quantitative estimate of drug-likeness (QED) is 0.327. The fourth-order valence-electron chi connectivity index (χ4n) is 4.08. The molecule has 2 saturated heterocycles. The molecule has 2 aliphatic heterocycles. The Balaban J connectivity index is 1.92. The molecule has 0 saturated carbocycles. The number of hydrogen-bond acceptors (Lipinski definition) is 6. The molecule has 0 N–H and O–H groups in total. The molecule has 6 nitrogen and oxygen atoms in total. The Morgan fingerprint density at radius 2 is 1.87 bits per heavy atom. The zero-order valence-electron chi connectivity index (χ0n) is 21.1. The minimum atomic E-state index is -1.80. The molecule has 0 amide bonds. The number of carbonyl (C=O) groups excluding carboxylic acids is 1. The number of carbonyl (C=O) groups is 1. The van der Waals surface area contributed by atoms with E-state index in [1.807, 2.05) is 13.8 Å². The molecule has 0 aromatic carbocycles. The van der Waals surface area contributed by atoms with Gasteiger partial charge in [0.2, 0.25) is 0 Å². The van der Waals surface area contributed by atoms with Crippen molar-refractivity contribution in [1.29, 1.82) is 0 Å². The predicted octanol–water partition coefficient (Wildman–Crippen LogP) is 5.30. The van der Waals surface area contributed by atoms with E-state index in [0.717, 1.165) is 38.6 Å². The maximum atomic E-state index is 12.0.